The van der Waals surface area contributed by atoms with Crippen molar-refractivity contribution in [3.63, 3.8) is 0 Å². The van der Waals surface area contributed by atoms with Gasteiger partial charge in [0.1, 0.15) is 11.5 Å². The van der Waals surface area contributed by atoms with Gasteiger partial charge in [-0.25, -0.2) is 4.39 Å². The van der Waals surface area contributed by atoms with Crippen molar-refractivity contribution in [3.05, 3.63) is 81.9 Å². The fourth-order valence-corrected chi connectivity index (χ4v) is 3.67. The van der Waals surface area contributed by atoms with Crippen LogP contribution < -0.4 is 10.9 Å². The number of para-hydroxylation sites is 2. The van der Waals surface area contributed by atoms with Crippen LogP contribution in [0.2, 0.25) is 0 Å². The number of nitrogens with zero attached hydrogens (tertiary/aromatic N) is 2. The molecule has 148 valence electrons. The molecule has 3 N–H and O–H groups in total. The van der Waals surface area contributed by atoms with Crippen LogP contribution in [0.5, 0.6) is 0 Å². The summed E-state index contributed by atoms with van der Waals surface area (Å²) in [6.07, 6.45) is 0.469. The SMILES string of the molecule is Cc1cc(=O)n2c3ccccc3n(CC(O)CNc3ccc(F)cc3)c2c1C=N. The van der Waals surface area contributed by atoms with Crippen molar-refractivity contribution in [2.45, 2.75) is 19.6 Å². The number of aliphatic hydroxyl groups is 1. The average molecular weight is 392 g/mol. The van der Waals surface area contributed by atoms with Gasteiger partial charge in [0.05, 0.1) is 23.7 Å². The van der Waals surface area contributed by atoms with Crippen molar-refractivity contribution < 1.29 is 9.50 Å². The number of benzene rings is 2. The van der Waals surface area contributed by atoms with E-state index in [9.17, 15) is 14.3 Å². The van der Waals surface area contributed by atoms with Crippen molar-refractivity contribution in [1.29, 1.82) is 5.41 Å². The molecule has 0 saturated carbocycles. The minimum Gasteiger partial charge on any atom is -0.389 e. The van der Waals surface area contributed by atoms with Crippen molar-refractivity contribution in [2.75, 3.05) is 11.9 Å². The van der Waals surface area contributed by atoms with Gasteiger partial charge < -0.3 is 20.4 Å². The maximum Gasteiger partial charge on any atom is 0.257 e. The molecule has 0 radical (unpaired) electrons. The van der Waals surface area contributed by atoms with Crippen molar-refractivity contribution in [3.8, 4) is 0 Å². The molecule has 0 saturated heterocycles. The number of hydrogen-bond acceptors (Lipinski definition) is 4. The third-order valence-electron chi connectivity index (χ3n) is 5.03. The van der Waals surface area contributed by atoms with E-state index in [1.165, 1.54) is 24.4 Å². The molecule has 1 atom stereocenters. The minimum absolute atomic E-state index is 0.169. The molecule has 0 spiro atoms. The maximum absolute atomic E-state index is 13.0. The van der Waals surface area contributed by atoms with Gasteiger partial charge in [-0.1, -0.05) is 12.1 Å². The summed E-state index contributed by atoms with van der Waals surface area (Å²) in [6, 6.07) is 14.9. The van der Waals surface area contributed by atoms with Crippen LogP contribution >= 0.6 is 0 Å². The predicted molar refractivity (Wildman–Crippen MR) is 113 cm³/mol. The summed E-state index contributed by atoms with van der Waals surface area (Å²) in [5.41, 5.74) is 4.02. The highest BCUT2D eigenvalue weighted by molar-refractivity contribution is 5.93. The average Bonchev–Trinajstić information content (AvgIpc) is 3.03. The van der Waals surface area contributed by atoms with E-state index >= 15 is 0 Å². The molecule has 4 aromatic rings. The fraction of sp³-hybridized carbons (Fsp3) is 0.182. The number of pyridine rings is 1. The first kappa shape index (κ1) is 18.9. The Morgan fingerprint density at radius 3 is 2.55 bits per heavy atom. The summed E-state index contributed by atoms with van der Waals surface area (Å²) < 4.78 is 16.5. The Hall–Kier alpha value is -3.45. The van der Waals surface area contributed by atoms with Crippen LogP contribution in [-0.4, -0.2) is 32.9 Å². The first-order valence-electron chi connectivity index (χ1n) is 9.31. The van der Waals surface area contributed by atoms with Gasteiger partial charge in [-0.3, -0.25) is 9.20 Å². The predicted octanol–water partition coefficient (Wildman–Crippen LogP) is 3.17. The molecule has 2 heterocycles. The summed E-state index contributed by atoms with van der Waals surface area (Å²) in [5.74, 6) is -0.318. The number of aryl methyl sites for hydroxylation is 1. The molecule has 0 aliphatic rings. The number of halogens is 1. The molecular weight excluding hydrogens is 371 g/mol. The van der Waals surface area contributed by atoms with Gasteiger partial charge in [-0.2, -0.15) is 0 Å². The van der Waals surface area contributed by atoms with Gasteiger partial charge in [0.15, 0.2) is 0 Å². The monoisotopic (exact) mass is 392 g/mol. The molecule has 7 heteroatoms. The Morgan fingerprint density at radius 2 is 1.86 bits per heavy atom. The topological polar surface area (TPSA) is 82.5 Å². The molecule has 0 fully saturated rings. The van der Waals surface area contributed by atoms with Gasteiger partial charge >= 0.3 is 0 Å². The molecule has 29 heavy (non-hydrogen) atoms. The highest BCUT2D eigenvalue weighted by Gasteiger charge is 2.18. The second-order valence-electron chi connectivity index (χ2n) is 7.02. The van der Waals surface area contributed by atoms with Gasteiger partial charge in [0.25, 0.3) is 5.56 Å². The summed E-state index contributed by atoms with van der Waals surface area (Å²) in [7, 11) is 0. The van der Waals surface area contributed by atoms with E-state index in [0.717, 1.165) is 11.0 Å². The second kappa shape index (κ2) is 7.52. The Bertz CT molecular complexity index is 1260. The summed E-state index contributed by atoms with van der Waals surface area (Å²) >= 11 is 0. The van der Waals surface area contributed by atoms with Gasteiger partial charge in [0.2, 0.25) is 0 Å². The van der Waals surface area contributed by atoms with E-state index in [4.69, 9.17) is 5.41 Å². The maximum atomic E-state index is 13.0. The lowest BCUT2D eigenvalue weighted by atomic mass is 10.1. The smallest absolute Gasteiger partial charge is 0.257 e. The van der Waals surface area contributed by atoms with Crippen molar-refractivity contribution >= 4 is 28.6 Å². The molecular formula is C22H21FN4O2. The Morgan fingerprint density at radius 1 is 1.17 bits per heavy atom. The number of anilines is 1. The first-order chi connectivity index (χ1) is 14.0. The van der Waals surface area contributed by atoms with E-state index < -0.39 is 6.10 Å². The summed E-state index contributed by atoms with van der Waals surface area (Å²) in [5, 5.41) is 21.6. The highest BCUT2D eigenvalue weighted by Crippen LogP contribution is 2.23. The Labute approximate surface area is 166 Å². The van der Waals surface area contributed by atoms with Crippen LogP contribution in [0, 0.1) is 18.2 Å². The van der Waals surface area contributed by atoms with Crippen molar-refractivity contribution in [2.24, 2.45) is 0 Å². The number of aliphatic hydroxyl groups excluding tert-OH is 1. The van der Waals surface area contributed by atoms with E-state index in [2.05, 4.69) is 5.32 Å². The molecule has 0 aliphatic carbocycles. The molecule has 2 aromatic carbocycles. The molecule has 1 unspecified atom stereocenters. The van der Waals surface area contributed by atoms with Gasteiger partial charge in [-0.05, 0) is 48.9 Å². The van der Waals surface area contributed by atoms with Crippen LogP contribution in [0.25, 0.3) is 16.7 Å². The van der Waals surface area contributed by atoms with E-state index in [0.29, 0.717) is 22.5 Å². The van der Waals surface area contributed by atoms with E-state index in [-0.39, 0.29) is 24.5 Å². The lowest BCUT2D eigenvalue weighted by molar-refractivity contribution is 0.169. The van der Waals surface area contributed by atoms with Crippen LogP contribution in [0.15, 0.2) is 59.4 Å². The highest BCUT2D eigenvalue weighted by atomic mass is 19.1. The molecule has 0 bridgehead atoms. The van der Waals surface area contributed by atoms with Gasteiger partial charge in [-0.15, -0.1) is 0 Å². The van der Waals surface area contributed by atoms with Crippen LogP contribution in [-0.2, 0) is 6.54 Å². The summed E-state index contributed by atoms with van der Waals surface area (Å²) in [4.78, 5) is 12.7. The molecule has 4 rings (SSSR count). The molecule has 0 aliphatic heterocycles. The third kappa shape index (κ3) is 3.40. The third-order valence-corrected chi connectivity index (χ3v) is 5.03. The van der Waals surface area contributed by atoms with E-state index in [1.54, 1.807) is 23.5 Å². The Balaban J connectivity index is 1.74. The number of imidazole rings is 1. The minimum atomic E-state index is -0.770. The molecule has 6 nitrogen and oxygen atoms in total. The molecule has 0 amide bonds. The Kier molecular flexibility index (Phi) is 4.90. The zero-order valence-corrected chi connectivity index (χ0v) is 15.9. The number of rotatable bonds is 6. The lowest BCUT2D eigenvalue weighted by Crippen LogP contribution is -2.25. The van der Waals surface area contributed by atoms with E-state index in [1.807, 2.05) is 28.8 Å². The van der Waals surface area contributed by atoms with Crippen molar-refractivity contribution in [1.82, 2.24) is 8.97 Å². The standard InChI is InChI=1S/C22H21FN4O2/c1-14-10-21(29)27-20-5-3-2-4-19(20)26(22(27)18(14)11-24)13-17(28)12-25-16-8-6-15(23)7-9-16/h2-11,17,24-25,28H,12-13H2,1H3. The number of nitrogens with one attached hydrogen (secondary N) is 2. The fourth-order valence-electron chi connectivity index (χ4n) is 3.67. The first-order valence-corrected chi connectivity index (χ1v) is 9.31. The zero-order valence-electron chi connectivity index (χ0n) is 15.9. The van der Waals surface area contributed by atoms with Crippen LogP contribution in [0.4, 0.5) is 10.1 Å². The normalized spacial score (nSPS) is 12.4. The van der Waals surface area contributed by atoms with Crippen LogP contribution in [0.3, 0.4) is 0 Å². The number of fused-ring (bicyclic) bond motifs is 3. The van der Waals surface area contributed by atoms with Gasteiger partial charge in [0, 0.05) is 30.1 Å². The largest absolute Gasteiger partial charge is 0.389 e. The number of aromatic nitrogens is 2. The second-order valence-corrected chi connectivity index (χ2v) is 7.02. The zero-order chi connectivity index (χ0) is 20.5. The molecule has 2 aromatic heterocycles. The quantitative estimate of drug-likeness (QED) is 0.441. The van der Waals surface area contributed by atoms with Crippen LogP contribution in [0.1, 0.15) is 11.1 Å². The number of hydrogen-bond donors (Lipinski definition) is 3. The summed E-state index contributed by atoms with van der Waals surface area (Å²) in [6.45, 7) is 2.28. The lowest BCUT2D eigenvalue weighted by Gasteiger charge is -2.16.